The number of nitrogens with zero attached hydrogens (tertiary/aromatic N) is 4. The van der Waals surface area contributed by atoms with Crippen molar-refractivity contribution in [1.29, 1.82) is 10.5 Å². The van der Waals surface area contributed by atoms with Gasteiger partial charge in [-0.15, -0.1) is 0 Å². The van der Waals surface area contributed by atoms with Crippen molar-refractivity contribution in [2.24, 2.45) is 0 Å². The number of para-hydroxylation sites is 2. The van der Waals surface area contributed by atoms with Crippen LogP contribution in [-0.2, 0) is 11.8 Å². The van der Waals surface area contributed by atoms with Crippen LogP contribution >= 0.6 is 0 Å². The lowest BCUT2D eigenvalue weighted by Crippen LogP contribution is -2.10. The molecule has 0 bridgehead atoms. The molecule has 5 aromatic carbocycles. The number of rotatable bonds is 2. The molecule has 1 aliphatic carbocycles. The summed E-state index contributed by atoms with van der Waals surface area (Å²) in [5, 5.41) is 25.6. The van der Waals surface area contributed by atoms with E-state index in [1.165, 1.54) is 27.5 Å². The van der Waals surface area contributed by atoms with Gasteiger partial charge < -0.3 is 9.13 Å². The Morgan fingerprint density at radius 2 is 1.23 bits per heavy atom. The van der Waals surface area contributed by atoms with Crippen LogP contribution in [0.4, 0.5) is 0 Å². The first-order valence-corrected chi connectivity index (χ1v) is 15.1. The maximum Gasteiger partial charge on any atom is 0.101 e. The molecule has 7 aromatic rings. The van der Waals surface area contributed by atoms with Crippen LogP contribution in [0.1, 0.15) is 55.0 Å². The average Bonchev–Trinajstić information content (AvgIpc) is 3.56. The number of hydrogen-bond donors (Lipinski definition) is 0. The summed E-state index contributed by atoms with van der Waals surface area (Å²) in [5.41, 5.74) is 10.6. The lowest BCUT2D eigenvalue weighted by molar-refractivity contribution is 0.591. The first-order chi connectivity index (χ1) is 21.4. The van der Waals surface area contributed by atoms with Crippen molar-refractivity contribution >= 4 is 49.7 Å². The topological polar surface area (TPSA) is 57.4 Å². The van der Waals surface area contributed by atoms with Gasteiger partial charge in [0.05, 0.1) is 44.6 Å². The van der Waals surface area contributed by atoms with Gasteiger partial charge in [-0.25, -0.2) is 0 Å². The summed E-state index contributed by atoms with van der Waals surface area (Å²) in [6.45, 7) is 6.74. The van der Waals surface area contributed by atoms with Crippen molar-refractivity contribution in [1.82, 2.24) is 9.13 Å². The Morgan fingerprint density at radius 3 is 1.86 bits per heavy atom. The summed E-state index contributed by atoms with van der Waals surface area (Å²) in [6, 6.07) is 36.4. The molecule has 0 N–H and O–H groups in total. The monoisotopic (exact) mass is 566 g/mol. The van der Waals surface area contributed by atoms with Crippen molar-refractivity contribution < 1.29 is 0 Å². The van der Waals surface area contributed by atoms with E-state index in [9.17, 15) is 10.5 Å². The molecule has 0 saturated carbocycles. The minimum Gasteiger partial charge on any atom is -0.308 e. The third kappa shape index (κ3) is 3.68. The summed E-state index contributed by atoms with van der Waals surface area (Å²) in [7, 11) is 0. The second kappa shape index (κ2) is 9.46. The summed E-state index contributed by atoms with van der Waals surface area (Å²) in [6.07, 6.45) is 6.47. The Kier molecular flexibility index (Phi) is 5.61. The summed E-state index contributed by atoms with van der Waals surface area (Å²) in [5.74, 6) is 0. The molecule has 0 radical (unpaired) electrons. The fourth-order valence-electron chi connectivity index (χ4n) is 7.10. The SMILES string of the molecule is CC(C)(C)c1ccc2c(c1)c1c3c(ccc1n2-c1cc(-n2c4ccccc4c4ccccc42)c(C#N)cc1C#N)C=CCC3. The lowest BCUT2D eigenvalue weighted by Gasteiger charge is -2.19. The quantitative estimate of drug-likeness (QED) is 0.209. The molecule has 0 saturated heterocycles. The smallest absolute Gasteiger partial charge is 0.101 e. The molecule has 0 amide bonds. The highest BCUT2D eigenvalue weighted by molar-refractivity contribution is 6.13. The van der Waals surface area contributed by atoms with Gasteiger partial charge in [0, 0.05) is 21.5 Å². The normalized spacial score (nSPS) is 13.0. The first kappa shape index (κ1) is 26.1. The van der Waals surface area contributed by atoms with E-state index in [2.05, 4.69) is 109 Å². The van der Waals surface area contributed by atoms with Crippen molar-refractivity contribution in [2.75, 3.05) is 0 Å². The second-order valence-electron chi connectivity index (χ2n) is 12.8. The number of benzene rings is 5. The molecule has 210 valence electrons. The van der Waals surface area contributed by atoms with Gasteiger partial charge in [-0.2, -0.15) is 10.5 Å². The Hall–Kier alpha value is -5.58. The van der Waals surface area contributed by atoms with Crippen molar-refractivity contribution in [3.63, 3.8) is 0 Å². The average molecular weight is 567 g/mol. The third-order valence-corrected chi connectivity index (χ3v) is 9.22. The Bertz CT molecular complexity index is 2390. The van der Waals surface area contributed by atoms with Gasteiger partial charge in [-0.3, -0.25) is 0 Å². The van der Waals surface area contributed by atoms with E-state index in [4.69, 9.17) is 0 Å². The fourth-order valence-corrected chi connectivity index (χ4v) is 7.10. The number of fused-ring (bicyclic) bond motifs is 8. The number of nitriles is 2. The maximum absolute atomic E-state index is 10.5. The molecule has 8 rings (SSSR count). The van der Waals surface area contributed by atoms with Crippen LogP contribution in [0.3, 0.4) is 0 Å². The van der Waals surface area contributed by atoms with E-state index >= 15 is 0 Å². The Balaban J connectivity index is 1.52. The highest BCUT2D eigenvalue weighted by Gasteiger charge is 2.24. The number of allylic oxidation sites excluding steroid dienone is 1. The molecular formula is C40H30N4. The molecule has 0 unspecified atom stereocenters. The van der Waals surface area contributed by atoms with Crippen LogP contribution in [0.2, 0.25) is 0 Å². The molecule has 1 aliphatic rings. The minimum atomic E-state index is -0.00663. The number of aryl methyl sites for hydroxylation is 1. The van der Waals surface area contributed by atoms with E-state index in [1.54, 1.807) is 6.07 Å². The zero-order chi connectivity index (χ0) is 30.2. The van der Waals surface area contributed by atoms with Crippen molar-refractivity contribution in [3.05, 3.63) is 125 Å². The molecule has 2 heterocycles. The van der Waals surface area contributed by atoms with Crippen LogP contribution in [-0.4, -0.2) is 9.13 Å². The molecule has 0 spiro atoms. The molecule has 4 nitrogen and oxygen atoms in total. The van der Waals surface area contributed by atoms with E-state index in [-0.39, 0.29) is 5.41 Å². The van der Waals surface area contributed by atoms with Crippen LogP contribution < -0.4 is 0 Å². The molecule has 44 heavy (non-hydrogen) atoms. The van der Waals surface area contributed by atoms with Crippen LogP contribution in [0.15, 0.2) is 97.1 Å². The third-order valence-electron chi connectivity index (χ3n) is 9.22. The maximum atomic E-state index is 10.5. The largest absolute Gasteiger partial charge is 0.308 e. The van der Waals surface area contributed by atoms with Crippen LogP contribution in [0.5, 0.6) is 0 Å². The van der Waals surface area contributed by atoms with Gasteiger partial charge in [0.1, 0.15) is 12.1 Å². The van der Waals surface area contributed by atoms with E-state index in [1.807, 2.05) is 30.3 Å². The highest BCUT2D eigenvalue weighted by atomic mass is 15.0. The minimum absolute atomic E-state index is 0.00663. The van der Waals surface area contributed by atoms with Crippen LogP contribution in [0.25, 0.3) is 61.1 Å². The predicted molar refractivity (Wildman–Crippen MR) is 181 cm³/mol. The molecule has 2 aromatic heterocycles. The standard InChI is InChI=1S/C40H30N4/c1-40(2,3)28-17-19-35-32(21-28)39-29-11-5-4-10-25(29)16-18-36(39)44(35)38-22-37(26(23-41)20-27(38)24-42)43-33-14-8-6-12-30(33)31-13-7-9-15-34(31)43/h4,6-10,12-22H,5,11H2,1-3H3. The Morgan fingerprint density at radius 1 is 0.636 bits per heavy atom. The van der Waals surface area contributed by atoms with Crippen molar-refractivity contribution in [3.8, 4) is 23.5 Å². The molecule has 4 heteroatoms. The van der Waals surface area contributed by atoms with Gasteiger partial charge in [0.15, 0.2) is 0 Å². The molecule has 0 atom stereocenters. The predicted octanol–water partition coefficient (Wildman–Crippen LogP) is 9.88. The highest BCUT2D eigenvalue weighted by Crippen LogP contribution is 2.41. The van der Waals surface area contributed by atoms with E-state index in [0.717, 1.165) is 57.1 Å². The zero-order valence-electron chi connectivity index (χ0n) is 25.0. The van der Waals surface area contributed by atoms with Gasteiger partial charge >= 0.3 is 0 Å². The van der Waals surface area contributed by atoms with Crippen LogP contribution in [0, 0.1) is 22.7 Å². The van der Waals surface area contributed by atoms with E-state index in [0.29, 0.717) is 11.1 Å². The molecule has 0 fully saturated rings. The van der Waals surface area contributed by atoms with E-state index < -0.39 is 0 Å². The second-order valence-corrected chi connectivity index (χ2v) is 12.8. The summed E-state index contributed by atoms with van der Waals surface area (Å²) >= 11 is 0. The van der Waals surface area contributed by atoms with Gasteiger partial charge in [-0.05, 0) is 77.4 Å². The molecular weight excluding hydrogens is 536 g/mol. The Labute approximate surface area is 256 Å². The lowest BCUT2D eigenvalue weighted by atomic mass is 9.85. The summed E-state index contributed by atoms with van der Waals surface area (Å²) in [4.78, 5) is 0. The zero-order valence-corrected chi connectivity index (χ0v) is 25.0. The first-order valence-electron chi connectivity index (χ1n) is 15.1. The number of aromatic nitrogens is 2. The van der Waals surface area contributed by atoms with Crippen molar-refractivity contribution in [2.45, 2.75) is 39.0 Å². The number of hydrogen-bond acceptors (Lipinski definition) is 2. The molecule has 0 aliphatic heterocycles. The fraction of sp³-hybridized carbons (Fsp3) is 0.150. The van der Waals surface area contributed by atoms with Gasteiger partial charge in [-0.1, -0.05) is 81.5 Å². The summed E-state index contributed by atoms with van der Waals surface area (Å²) < 4.78 is 4.42. The van der Waals surface area contributed by atoms with Gasteiger partial charge in [0.25, 0.3) is 0 Å². The van der Waals surface area contributed by atoms with Gasteiger partial charge in [0.2, 0.25) is 0 Å².